The van der Waals surface area contributed by atoms with E-state index in [9.17, 15) is 0 Å². The van der Waals surface area contributed by atoms with Gasteiger partial charge in [-0.25, -0.2) is 0 Å². The molecule has 2 aromatic rings. The molecule has 0 aromatic heterocycles. The average Bonchev–Trinajstić information content (AvgIpc) is 3.09. The minimum atomic E-state index is 0.599. The molecule has 2 aromatic carbocycles. The molecule has 0 spiro atoms. The van der Waals surface area contributed by atoms with Crippen LogP contribution in [0.1, 0.15) is 30.9 Å². The van der Waals surface area contributed by atoms with Gasteiger partial charge in [-0.2, -0.15) is 0 Å². The van der Waals surface area contributed by atoms with Gasteiger partial charge in [-0.15, -0.1) is 0 Å². The molecule has 1 saturated heterocycles. The van der Waals surface area contributed by atoms with Crippen molar-refractivity contribution < 1.29 is 4.74 Å². The molecular formula is C21H27BrN2O. The Kier molecular flexibility index (Phi) is 6.91. The van der Waals surface area contributed by atoms with Crippen LogP contribution in [0.15, 0.2) is 53.0 Å². The quantitative estimate of drug-likeness (QED) is 0.697. The van der Waals surface area contributed by atoms with Crippen molar-refractivity contribution in [3.63, 3.8) is 0 Å². The summed E-state index contributed by atoms with van der Waals surface area (Å²) in [6, 6.07) is 17.2. The number of nitrogens with zero attached hydrogens (tertiary/aromatic N) is 1. The Morgan fingerprint density at radius 3 is 2.84 bits per heavy atom. The first-order valence-electron chi connectivity index (χ1n) is 9.16. The SMILES string of the molecule is CCN1CCCC1CNCc1cc(Br)ccc1OCc1ccccc1. The zero-order valence-corrected chi connectivity index (χ0v) is 16.5. The molecule has 1 fully saturated rings. The molecular weight excluding hydrogens is 376 g/mol. The van der Waals surface area contributed by atoms with Crippen LogP contribution >= 0.6 is 15.9 Å². The molecule has 134 valence electrons. The van der Waals surface area contributed by atoms with Gasteiger partial charge in [-0.05, 0) is 49.7 Å². The summed E-state index contributed by atoms with van der Waals surface area (Å²) in [4.78, 5) is 2.57. The second-order valence-corrected chi connectivity index (χ2v) is 7.50. The van der Waals surface area contributed by atoms with Gasteiger partial charge in [0, 0.05) is 29.2 Å². The van der Waals surface area contributed by atoms with Crippen molar-refractivity contribution >= 4 is 15.9 Å². The lowest BCUT2D eigenvalue weighted by Gasteiger charge is -2.23. The van der Waals surface area contributed by atoms with Gasteiger partial charge in [0.25, 0.3) is 0 Å². The summed E-state index contributed by atoms with van der Waals surface area (Å²) in [6.45, 7) is 7.11. The molecule has 0 saturated carbocycles. The lowest BCUT2D eigenvalue weighted by Crippen LogP contribution is -2.37. The minimum Gasteiger partial charge on any atom is -0.489 e. The maximum Gasteiger partial charge on any atom is 0.124 e. The number of nitrogens with one attached hydrogen (secondary N) is 1. The fourth-order valence-corrected chi connectivity index (χ4v) is 3.89. The Hall–Kier alpha value is -1.36. The van der Waals surface area contributed by atoms with E-state index < -0.39 is 0 Å². The third-order valence-electron chi connectivity index (χ3n) is 4.86. The standard InChI is InChI=1S/C21H27BrN2O/c1-2-24-12-6-9-20(24)15-23-14-18-13-19(22)10-11-21(18)25-16-17-7-4-3-5-8-17/h3-5,7-8,10-11,13,20,23H,2,6,9,12,14-16H2,1H3. The molecule has 0 bridgehead atoms. The molecule has 0 aliphatic carbocycles. The van der Waals surface area contributed by atoms with Gasteiger partial charge in [-0.1, -0.05) is 53.2 Å². The Balaban J connectivity index is 1.57. The highest BCUT2D eigenvalue weighted by molar-refractivity contribution is 9.10. The normalized spacial score (nSPS) is 17.8. The Morgan fingerprint density at radius 1 is 1.20 bits per heavy atom. The van der Waals surface area contributed by atoms with Crippen LogP contribution in [0.4, 0.5) is 0 Å². The number of rotatable bonds is 8. The van der Waals surface area contributed by atoms with Crippen molar-refractivity contribution in [3.05, 3.63) is 64.1 Å². The lowest BCUT2D eigenvalue weighted by atomic mass is 10.1. The maximum absolute atomic E-state index is 6.07. The van der Waals surface area contributed by atoms with E-state index >= 15 is 0 Å². The third kappa shape index (κ3) is 5.30. The smallest absolute Gasteiger partial charge is 0.124 e. The summed E-state index contributed by atoms with van der Waals surface area (Å²) < 4.78 is 7.16. The number of likely N-dealkylation sites (tertiary alicyclic amines) is 1. The largest absolute Gasteiger partial charge is 0.489 e. The number of halogens is 1. The van der Waals surface area contributed by atoms with Crippen LogP contribution in [0.2, 0.25) is 0 Å². The topological polar surface area (TPSA) is 24.5 Å². The summed E-state index contributed by atoms with van der Waals surface area (Å²) in [5.41, 5.74) is 2.39. The van der Waals surface area contributed by atoms with Crippen molar-refractivity contribution in [2.24, 2.45) is 0 Å². The average molecular weight is 403 g/mol. The first kappa shape index (κ1) is 18.4. The van der Waals surface area contributed by atoms with Gasteiger partial charge in [0.15, 0.2) is 0 Å². The molecule has 0 radical (unpaired) electrons. The number of benzene rings is 2. The number of hydrogen-bond acceptors (Lipinski definition) is 3. The van der Waals surface area contributed by atoms with Gasteiger partial charge in [0.2, 0.25) is 0 Å². The van der Waals surface area contributed by atoms with Crippen molar-refractivity contribution in [3.8, 4) is 5.75 Å². The summed E-state index contributed by atoms with van der Waals surface area (Å²) in [5, 5.41) is 3.63. The molecule has 1 atom stereocenters. The molecule has 3 rings (SSSR count). The van der Waals surface area contributed by atoms with Gasteiger partial charge in [0.05, 0.1) is 0 Å². The Morgan fingerprint density at radius 2 is 2.04 bits per heavy atom. The Labute approximate surface area is 159 Å². The first-order valence-corrected chi connectivity index (χ1v) is 9.95. The van der Waals surface area contributed by atoms with Crippen LogP contribution < -0.4 is 10.1 Å². The molecule has 0 amide bonds. The first-order chi connectivity index (χ1) is 12.3. The highest BCUT2D eigenvalue weighted by Crippen LogP contribution is 2.24. The monoisotopic (exact) mass is 402 g/mol. The number of ether oxygens (including phenoxy) is 1. The zero-order valence-electron chi connectivity index (χ0n) is 14.9. The summed E-state index contributed by atoms with van der Waals surface area (Å²) >= 11 is 3.58. The van der Waals surface area contributed by atoms with E-state index in [0.29, 0.717) is 12.6 Å². The van der Waals surface area contributed by atoms with Crippen LogP contribution in [0, 0.1) is 0 Å². The van der Waals surface area contributed by atoms with Crippen LogP contribution in [0.5, 0.6) is 5.75 Å². The van der Waals surface area contributed by atoms with Gasteiger partial charge >= 0.3 is 0 Å². The Bertz CT molecular complexity index is 662. The highest BCUT2D eigenvalue weighted by atomic mass is 79.9. The van der Waals surface area contributed by atoms with E-state index in [1.165, 1.54) is 30.5 Å². The molecule has 1 unspecified atom stereocenters. The van der Waals surface area contributed by atoms with E-state index in [-0.39, 0.29) is 0 Å². The second-order valence-electron chi connectivity index (χ2n) is 6.58. The molecule has 1 aliphatic rings. The van der Waals surface area contributed by atoms with E-state index in [4.69, 9.17) is 4.74 Å². The van der Waals surface area contributed by atoms with Crippen molar-refractivity contribution in [1.82, 2.24) is 10.2 Å². The fourth-order valence-electron chi connectivity index (χ4n) is 3.48. The second kappa shape index (κ2) is 9.37. The van der Waals surface area contributed by atoms with Crippen LogP contribution in [-0.2, 0) is 13.2 Å². The van der Waals surface area contributed by atoms with E-state index in [1.54, 1.807) is 0 Å². The number of hydrogen-bond donors (Lipinski definition) is 1. The maximum atomic E-state index is 6.07. The molecule has 3 nitrogen and oxygen atoms in total. The molecule has 1 aliphatic heterocycles. The highest BCUT2D eigenvalue weighted by Gasteiger charge is 2.22. The van der Waals surface area contributed by atoms with Crippen molar-refractivity contribution in [2.45, 2.75) is 39.0 Å². The van der Waals surface area contributed by atoms with E-state index in [0.717, 1.165) is 29.9 Å². The molecule has 25 heavy (non-hydrogen) atoms. The zero-order chi connectivity index (χ0) is 17.5. The molecule has 1 heterocycles. The third-order valence-corrected chi connectivity index (χ3v) is 5.35. The van der Waals surface area contributed by atoms with Gasteiger partial charge < -0.3 is 10.1 Å². The summed E-state index contributed by atoms with van der Waals surface area (Å²) in [7, 11) is 0. The van der Waals surface area contributed by atoms with E-state index in [2.05, 4.69) is 57.3 Å². The van der Waals surface area contributed by atoms with Gasteiger partial charge in [-0.3, -0.25) is 4.90 Å². The van der Waals surface area contributed by atoms with E-state index in [1.807, 2.05) is 24.3 Å². The van der Waals surface area contributed by atoms with Crippen LogP contribution in [-0.4, -0.2) is 30.6 Å². The molecule has 4 heteroatoms. The van der Waals surface area contributed by atoms with Crippen molar-refractivity contribution in [2.75, 3.05) is 19.6 Å². The van der Waals surface area contributed by atoms with Crippen molar-refractivity contribution in [1.29, 1.82) is 0 Å². The summed E-state index contributed by atoms with van der Waals surface area (Å²) in [6.07, 6.45) is 2.62. The van der Waals surface area contributed by atoms with Crippen LogP contribution in [0.3, 0.4) is 0 Å². The lowest BCUT2D eigenvalue weighted by molar-refractivity contribution is 0.259. The predicted molar refractivity (Wildman–Crippen MR) is 107 cm³/mol. The molecule has 1 N–H and O–H groups in total. The fraction of sp³-hybridized carbons (Fsp3) is 0.429. The summed E-state index contributed by atoms with van der Waals surface area (Å²) in [5.74, 6) is 0.957. The van der Waals surface area contributed by atoms with Gasteiger partial charge in [0.1, 0.15) is 12.4 Å². The minimum absolute atomic E-state index is 0.599. The number of likely N-dealkylation sites (N-methyl/N-ethyl adjacent to an activating group) is 1. The predicted octanol–water partition coefficient (Wildman–Crippen LogP) is 4.60. The van der Waals surface area contributed by atoms with Crippen LogP contribution in [0.25, 0.3) is 0 Å².